The van der Waals surface area contributed by atoms with Crippen LogP contribution in [0.1, 0.15) is 23.5 Å². The Balaban J connectivity index is 1.65. The first-order chi connectivity index (χ1) is 12.3. The van der Waals surface area contributed by atoms with Crippen molar-refractivity contribution in [3.63, 3.8) is 0 Å². The van der Waals surface area contributed by atoms with Crippen LogP contribution in [-0.4, -0.2) is 9.78 Å². The molecule has 1 heterocycles. The lowest BCUT2D eigenvalue weighted by Crippen LogP contribution is -2.18. The van der Waals surface area contributed by atoms with Crippen LogP contribution in [0, 0.1) is 0 Å². The molecule has 1 aromatic heterocycles. The Kier molecular flexibility index (Phi) is 4.21. The molecule has 25 heavy (non-hydrogen) atoms. The number of rotatable bonds is 5. The molecule has 0 aliphatic heterocycles. The number of H-pyrrole nitrogens is 1. The molecule has 4 aromatic rings. The average Bonchev–Trinajstić information content (AvgIpc) is 3.00. The number of nitrogens with one attached hydrogen (secondary N) is 1. The fourth-order valence-corrected chi connectivity index (χ4v) is 3.42. The molecule has 3 nitrogen and oxygen atoms in total. The van der Waals surface area contributed by atoms with Gasteiger partial charge in [0.05, 0.1) is 10.9 Å². The molecule has 0 amide bonds. The highest BCUT2D eigenvalue weighted by molar-refractivity contribution is 5.77. The summed E-state index contributed by atoms with van der Waals surface area (Å²) < 4.78 is 1.73. The highest BCUT2D eigenvalue weighted by Gasteiger charge is 2.15. The van der Waals surface area contributed by atoms with Crippen LogP contribution in [0.2, 0.25) is 0 Å². The van der Waals surface area contributed by atoms with Gasteiger partial charge in [-0.15, -0.1) is 0 Å². The van der Waals surface area contributed by atoms with Gasteiger partial charge in [0.1, 0.15) is 0 Å². The highest BCUT2D eigenvalue weighted by atomic mass is 16.1. The van der Waals surface area contributed by atoms with Gasteiger partial charge >= 0.3 is 0 Å². The normalized spacial score (nSPS) is 11.2. The molecule has 0 aliphatic carbocycles. The number of nitrogens with zero attached hydrogens (tertiary/aromatic N) is 1. The van der Waals surface area contributed by atoms with Crippen molar-refractivity contribution in [2.45, 2.75) is 18.9 Å². The lowest BCUT2D eigenvalue weighted by molar-refractivity contribution is 0.539. The van der Waals surface area contributed by atoms with Crippen molar-refractivity contribution in [2.24, 2.45) is 0 Å². The molecule has 4 rings (SSSR count). The lowest BCUT2D eigenvalue weighted by Gasteiger charge is -2.18. The molecule has 3 aromatic carbocycles. The van der Waals surface area contributed by atoms with Crippen LogP contribution in [0.4, 0.5) is 0 Å². The Bertz CT molecular complexity index is 977. The Labute approximate surface area is 146 Å². The van der Waals surface area contributed by atoms with Crippen LogP contribution in [0.5, 0.6) is 0 Å². The first-order valence-electron chi connectivity index (χ1n) is 8.60. The molecule has 3 heteroatoms. The predicted molar refractivity (Wildman–Crippen MR) is 102 cm³/mol. The summed E-state index contributed by atoms with van der Waals surface area (Å²) in [6.07, 6.45) is 0.862. The largest absolute Gasteiger partial charge is 0.295 e. The quantitative estimate of drug-likeness (QED) is 0.573. The number of aromatic amines is 1. The van der Waals surface area contributed by atoms with Crippen molar-refractivity contribution in [3.8, 4) is 0 Å². The molecule has 0 bridgehead atoms. The van der Waals surface area contributed by atoms with Crippen molar-refractivity contribution < 1.29 is 0 Å². The first kappa shape index (κ1) is 15.5. The molecular weight excluding hydrogens is 308 g/mol. The third-order valence-corrected chi connectivity index (χ3v) is 4.70. The molecular formula is C22H20N2O. The number of aryl methyl sites for hydroxylation is 1. The van der Waals surface area contributed by atoms with E-state index in [0.29, 0.717) is 6.54 Å². The van der Waals surface area contributed by atoms with Gasteiger partial charge in [0, 0.05) is 12.5 Å². The van der Waals surface area contributed by atoms with Crippen LogP contribution >= 0.6 is 0 Å². The molecule has 0 spiro atoms. The number of aromatic nitrogens is 2. The summed E-state index contributed by atoms with van der Waals surface area (Å²) in [6, 6.07) is 28.6. The maximum absolute atomic E-state index is 12.5. The molecule has 0 saturated heterocycles. The predicted octanol–water partition coefficient (Wildman–Crippen LogP) is 4.55. The molecule has 0 radical (unpaired) electrons. The van der Waals surface area contributed by atoms with E-state index in [-0.39, 0.29) is 11.5 Å². The minimum absolute atomic E-state index is 0.0514. The fraction of sp³-hybridized carbons (Fsp3) is 0.136. The van der Waals surface area contributed by atoms with Gasteiger partial charge in [0.15, 0.2) is 0 Å². The summed E-state index contributed by atoms with van der Waals surface area (Å²) in [7, 11) is 0. The van der Waals surface area contributed by atoms with Gasteiger partial charge in [-0.3, -0.25) is 14.6 Å². The zero-order chi connectivity index (χ0) is 17.1. The second-order valence-corrected chi connectivity index (χ2v) is 6.28. The van der Waals surface area contributed by atoms with E-state index in [9.17, 15) is 4.79 Å². The third kappa shape index (κ3) is 3.13. The number of fused-ring (bicyclic) bond motifs is 1. The zero-order valence-electron chi connectivity index (χ0n) is 13.9. The van der Waals surface area contributed by atoms with Gasteiger partial charge in [-0.1, -0.05) is 72.8 Å². The van der Waals surface area contributed by atoms with Crippen LogP contribution < -0.4 is 5.56 Å². The van der Waals surface area contributed by atoms with Gasteiger partial charge in [-0.05, 0) is 29.7 Å². The smallest absolute Gasteiger partial charge is 0.274 e. The van der Waals surface area contributed by atoms with Crippen LogP contribution in [0.15, 0.2) is 89.7 Å². The van der Waals surface area contributed by atoms with Crippen molar-refractivity contribution in [1.82, 2.24) is 9.78 Å². The standard InChI is InChI=1S/C22H20N2O/c25-22-20-13-7-8-14-21(20)23-24(22)16-15-19(17-9-3-1-4-10-17)18-11-5-2-6-12-18/h1-14,19,23H,15-16H2. The van der Waals surface area contributed by atoms with Gasteiger partial charge < -0.3 is 0 Å². The molecule has 0 atom stereocenters. The summed E-state index contributed by atoms with van der Waals surface area (Å²) >= 11 is 0. The Morgan fingerprint density at radius 2 is 1.32 bits per heavy atom. The van der Waals surface area contributed by atoms with Gasteiger partial charge in [-0.25, -0.2) is 0 Å². The fourth-order valence-electron chi connectivity index (χ4n) is 3.42. The van der Waals surface area contributed by atoms with Gasteiger partial charge in [-0.2, -0.15) is 0 Å². The minimum atomic E-state index is 0.0514. The highest BCUT2D eigenvalue weighted by Crippen LogP contribution is 2.28. The van der Waals surface area contributed by atoms with Crippen molar-refractivity contribution >= 4 is 10.9 Å². The number of hydrogen-bond acceptors (Lipinski definition) is 1. The molecule has 0 aliphatic rings. The maximum Gasteiger partial charge on any atom is 0.274 e. The molecule has 0 unspecified atom stereocenters. The van der Waals surface area contributed by atoms with E-state index in [2.05, 4.69) is 53.6 Å². The number of benzene rings is 3. The number of hydrogen-bond donors (Lipinski definition) is 1. The van der Waals surface area contributed by atoms with E-state index in [4.69, 9.17) is 0 Å². The first-order valence-corrected chi connectivity index (χ1v) is 8.60. The molecule has 1 N–H and O–H groups in total. The van der Waals surface area contributed by atoms with E-state index in [0.717, 1.165) is 17.3 Å². The minimum Gasteiger partial charge on any atom is -0.295 e. The summed E-state index contributed by atoms with van der Waals surface area (Å²) in [5.41, 5.74) is 3.50. The molecule has 0 fully saturated rings. The number of para-hydroxylation sites is 1. The Morgan fingerprint density at radius 1 is 0.760 bits per heavy atom. The summed E-state index contributed by atoms with van der Waals surface area (Å²) in [5, 5.41) is 3.97. The van der Waals surface area contributed by atoms with Crippen LogP contribution in [0.25, 0.3) is 10.9 Å². The third-order valence-electron chi connectivity index (χ3n) is 4.70. The molecule has 0 saturated carbocycles. The van der Waals surface area contributed by atoms with E-state index in [1.807, 2.05) is 36.4 Å². The van der Waals surface area contributed by atoms with Gasteiger partial charge in [0.2, 0.25) is 0 Å². The lowest BCUT2D eigenvalue weighted by atomic mass is 9.88. The average molecular weight is 328 g/mol. The van der Waals surface area contributed by atoms with E-state index in [1.165, 1.54) is 11.1 Å². The Hall–Kier alpha value is -3.07. The van der Waals surface area contributed by atoms with Crippen LogP contribution in [0.3, 0.4) is 0 Å². The monoisotopic (exact) mass is 328 g/mol. The van der Waals surface area contributed by atoms with Crippen LogP contribution in [-0.2, 0) is 6.54 Å². The van der Waals surface area contributed by atoms with Gasteiger partial charge in [0.25, 0.3) is 5.56 Å². The zero-order valence-corrected chi connectivity index (χ0v) is 13.9. The van der Waals surface area contributed by atoms with E-state index in [1.54, 1.807) is 4.68 Å². The van der Waals surface area contributed by atoms with E-state index < -0.39 is 0 Å². The summed E-state index contributed by atoms with van der Waals surface area (Å²) in [5.74, 6) is 0.265. The second kappa shape index (κ2) is 6.81. The summed E-state index contributed by atoms with van der Waals surface area (Å²) in [4.78, 5) is 12.5. The topological polar surface area (TPSA) is 37.8 Å². The SMILES string of the molecule is O=c1c2ccccc2[nH]n1CCC(c1ccccc1)c1ccccc1. The van der Waals surface area contributed by atoms with Crippen molar-refractivity contribution in [1.29, 1.82) is 0 Å². The maximum atomic E-state index is 12.5. The second-order valence-electron chi connectivity index (χ2n) is 6.28. The van der Waals surface area contributed by atoms with Crippen molar-refractivity contribution in [3.05, 3.63) is 106 Å². The van der Waals surface area contributed by atoms with Crippen molar-refractivity contribution in [2.75, 3.05) is 0 Å². The summed E-state index contributed by atoms with van der Waals surface area (Å²) in [6.45, 7) is 0.655. The van der Waals surface area contributed by atoms with E-state index >= 15 is 0 Å². The molecule has 124 valence electrons. The Morgan fingerprint density at radius 3 is 1.92 bits per heavy atom.